The smallest absolute Gasteiger partial charge is 0.317 e. The number of amides is 2. The molecule has 0 radical (unpaired) electrons. The van der Waals surface area contributed by atoms with E-state index in [1.807, 2.05) is 6.07 Å². The Morgan fingerprint density at radius 1 is 1.10 bits per heavy atom. The first-order chi connectivity index (χ1) is 14.1. The van der Waals surface area contributed by atoms with Gasteiger partial charge in [0, 0.05) is 13.2 Å². The third kappa shape index (κ3) is 4.71. The van der Waals surface area contributed by atoms with Crippen molar-refractivity contribution in [3.8, 4) is 5.75 Å². The Balaban J connectivity index is 1.42. The number of hydrogen-bond acceptors (Lipinski definition) is 4. The lowest BCUT2D eigenvalue weighted by Crippen LogP contribution is -2.52. The molecule has 2 heterocycles. The molecule has 0 bridgehead atoms. The van der Waals surface area contributed by atoms with Crippen LogP contribution < -0.4 is 5.32 Å². The summed E-state index contributed by atoms with van der Waals surface area (Å²) in [5, 5.41) is 12.9. The lowest BCUT2D eigenvalue weighted by molar-refractivity contribution is -0.0243. The summed E-state index contributed by atoms with van der Waals surface area (Å²) in [6.45, 7) is 4.24. The zero-order chi connectivity index (χ0) is 20.2. The summed E-state index contributed by atoms with van der Waals surface area (Å²) in [6.07, 6.45) is 1.46. The van der Waals surface area contributed by atoms with Crippen molar-refractivity contribution in [3.63, 3.8) is 0 Å². The van der Waals surface area contributed by atoms with Crippen molar-refractivity contribution in [2.24, 2.45) is 0 Å². The van der Waals surface area contributed by atoms with E-state index in [-0.39, 0.29) is 30.0 Å². The second-order valence-electron chi connectivity index (χ2n) is 7.80. The molecule has 29 heavy (non-hydrogen) atoms. The zero-order valence-electron chi connectivity index (χ0n) is 16.7. The number of aromatic hydroxyl groups is 1. The summed E-state index contributed by atoms with van der Waals surface area (Å²) in [6, 6.07) is 15.2. The van der Waals surface area contributed by atoms with Crippen molar-refractivity contribution < 1.29 is 19.4 Å². The molecule has 4 rings (SSSR count). The number of morpholine rings is 1. The molecule has 3 atom stereocenters. The van der Waals surface area contributed by atoms with Crippen LogP contribution in [0.15, 0.2) is 48.5 Å². The molecular weight excluding hydrogens is 368 g/mol. The number of phenolic OH excluding ortho intramolecular Hbond substituents is 1. The normalized spacial score (nSPS) is 24.9. The van der Waals surface area contributed by atoms with Crippen molar-refractivity contribution in [1.29, 1.82) is 0 Å². The van der Waals surface area contributed by atoms with Crippen molar-refractivity contribution in [2.75, 3.05) is 26.3 Å². The van der Waals surface area contributed by atoms with Gasteiger partial charge in [-0.15, -0.1) is 0 Å². The van der Waals surface area contributed by atoms with Gasteiger partial charge in [-0.1, -0.05) is 42.0 Å². The van der Waals surface area contributed by atoms with Gasteiger partial charge in [-0.3, -0.25) is 0 Å². The largest absolute Gasteiger partial charge is 0.508 e. The van der Waals surface area contributed by atoms with Crippen molar-refractivity contribution in [2.45, 2.75) is 38.0 Å². The maximum Gasteiger partial charge on any atom is 0.317 e. The van der Waals surface area contributed by atoms with E-state index in [1.54, 1.807) is 23.1 Å². The fourth-order valence-corrected chi connectivity index (χ4v) is 4.02. The number of carbonyl (C=O) groups excluding carboxylic acids is 1. The first-order valence-electron chi connectivity index (χ1n) is 10.2. The standard InChI is InChI=1S/C23H28N2O4/c1-16-7-9-17(10-8-16)22-20(6-3-12-29-22)24-23(27)25-11-13-28-21(15-25)18-4-2-5-19(26)14-18/h2,4-5,7-10,14,20-22,26H,3,6,11-13,15H2,1H3,(H,24,27). The SMILES string of the molecule is Cc1ccc(C2OCCCC2NC(=O)N2CCOC(c3cccc(O)c3)C2)cc1. The quantitative estimate of drug-likeness (QED) is 0.830. The summed E-state index contributed by atoms with van der Waals surface area (Å²) < 4.78 is 11.9. The van der Waals surface area contributed by atoms with Crippen molar-refractivity contribution in [1.82, 2.24) is 10.2 Å². The summed E-state index contributed by atoms with van der Waals surface area (Å²) in [5.41, 5.74) is 3.18. The molecule has 3 unspecified atom stereocenters. The Kier molecular flexibility index (Phi) is 6.02. The lowest BCUT2D eigenvalue weighted by atomic mass is 9.95. The third-order valence-corrected chi connectivity index (χ3v) is 5.63. The molecule has 154 valence electrons. The van der Waals surface area contributed by atoms with Gasteiger partial charge in [0.1, 0.15) is 18.0 Å². The van der Waals surface area contributed by atoms with E-state index in [4.69, 9.17) is 9.47 Å². The van der Waals surface area contributed by atoms with Crippen LogP contribution in [0.3, 0.4) is 0 Å². The minimum absolute atomic E-state index is 0.0546. The van der Waals surface area contributed by atoms with Gasteiger partial charge in [0.05, 0.1) is 19.2 Å². The van der Waals surface area contributed by atoms with Gasteiger partial charge in [-0.25, -0.2) is 4.79 Å². The zero-order valence-corrected chi connectivity index (χ0v) is 16.7. The van der Waals surface area contributed by atoms with Crippen LogP contribution in [0.1, 0.15) is 41.7 Å². The number of nitrogens with one attached hydrogen (secondary N) is 1. The predicted molar refractivity (Wildman–Crippen MR) is 110 cm³/mol. The predicted octanol–water partition coefficient (Wildman–Crippen LogP) is 3.70. The Bertz CT molecular complexity index is 839. The van der Waals surface area contributed by atoms with Crippen LogP contribution in [-0.2, 0) is 9.47 Å². The highest BCUT2D eigenvalue weighted by Gasteiger charge is 2.32. The molecule has 2 fully saturated rings. The maximum absolute atomic E-state index is 13.0. The number of urea groups is 1. The molecule has 0 saturated carbocycles. The number of benzene rings is 2. The highest BCUT2D eigenvalue weighted by Crippen LogP contribution is 2.29. The third-order valence-electron chi connectivity index (χ3n) is 5.63. The molecule has 6 nitrogen and oxygen atoms in total. The minimum Gasteiger partial charge on any atom is -0.508 e. The molecule has 2 aromatic rings. The Morgan fingerprint density at radius 2 is 1.93 bits per heavy atom. The van der Waals surface area contributed by atoms with Gasteiger partial charge in [0.25, 0.3) is 0 Å². The highest BCUT2D eigenvalue weighted by molar-refractivity contribution is 5.74. The van der Waals surface area contributed by atoms with Crippen LogP contribution in [-0.4, -0.2) is 48.4 Å². The van der Waals surface area contributed by atoms with Crippen molar-refractivity contribution in [3.05, 3.63) is 65.2 Å². The molecule has 0 spiro atoms. The highest BCUT2D eigenvalue weighted by atomic mass is 16.5. The average molecular weight is 396 g/mol. The van der Waals surface area contributed by atoms with Crippen LogP contribution in [0, 0.1) is 6.92 Å². The molecule has 2 amide bonds. The van der Waals surface area contributed by atoms with E-state index in [2.05, 4.69) is 36.5 Å². The van der Waals surface area contributed by atoms with E-state index < -0.39 is 0 Å². The summed E-state index contributed by atoms with van der Waals surface area (Å²) >= 11 is 0. The average Bonchev–Trinajstić information content (AvgIpc) is 2.75. The molecule has 2 aromatic carbocycles. The molecular formula is C23H28N2O4. The second kappa shape index (κ2) is 8.84. The number of phenols is 1. The van der Waals surface area contributed by atoms with E-state index >= 15 is 0 Å². The van der Waals surface area contributed by atoms with Crippen LogP contribution in [0.4, 0.5) is 4.79 Å². The van der Waals surface area contributed by atoms with Crippen LogP contribution >= 0.6 is 0 Å². The Hall–Kier alpha value is -2.57. The van der Waals surface area contributed by atoms with Gasteiger partial charge < -0.3 is 24.8 Å². The monoisotopic (exact) mass is 396 g/mol. The lowest BCUT2D eigenvalue weighted by Gasteiger charge is -2.37. The Labute approximate surface area is 171 Å². The van der Waals surface area contributed by atoms with E-state index in [1.165, 1.54) is 5.56 Å². The number of carbonyl (C=O) groups is 1. The van der Waals surface area contributed by atoms with Crippen LogP contribution in [0.2, 0.25) is 0 Å². The summed E-state index contributed by atoms with van der Waals surface area (Å²) in [4.78, 5) is 14.8. The number of nitrogens with zero attached hydrogens (tertiary/aromatic N) is 1. The number of ether oxygens (including phenoxy) is 2. The molecule has 0 aromatic heterocycles. The van der Waals surface area contributed by atoms with E-state index in [0.717, 1.165) is 24.0 Å². The molecule has 6 heteroatoms. The molecule has 2 saturated heterocycles. The molecule has 2 N–H and O–H groups in total. The first-order valence-corrected chi connectivity index (χ1v) is 10.2. The summed E-state index contributed by atoms with van der Waals surface area (Å²) in [7, 11) is 0. The van der Waals surface area contributed by atoms with Crippen molar-refractivity contribution >= 4 is 6.03 Å². The van der Waals surface area contributed by atoms with Gasteiger partial charge in [-0.05, 0) is 43.0 Å². The Morgan fingerprint density at radius 3 is 2.72 bits per heavy atom. The van der Waals surface area contributed by atoms with Gasteiger partial charge in [-0.2, -0.15) is 0 Å². The molecule has 0 aliphatic carbocycles. The second-order valence-corrected chi connectivity index (χ2v) is 7.80. The number of hydrogen-bond donors (Lipinski definition) is 2. The fraction of sp³-hybridized carbons (Fsp3) is 0.435. The van der Waals surface area contributed by atoms with E-state index in [9.17, 15) is 9.90 Å². The van der Waals surface area contributed by atoms with Gasteiger partial charge >= 0.3 is 6.03 Å². The fourth-order valence-electron chi connectivity index (χ4n) is 4.02. The number of aryl methyl sites for hydroxylation is 1. The maximum atomic E-state index is 13.0. The van der Waals surface area contributed by atoms with Gasteiger partial charge in [0.2, 0.25) is 0 Å². The van der Waals surface area contributed by atoms with Crippen LogP contribution in [0.25, 0.3) is 0 Å². The van der Waals surface area contributed by atoms with Gasteiger partial charge in [0.15, 0.2) is 0 Å². The molecule has 2 aliphatic heterocycles. The van der Waals surface area contributed by atoms with Crippen LogP contribution in [0.5, 0.6) is 5.75 Å². The summed E-state index contributed by atoms with van der Waals surface area (Å²) in [5.74, 6) is 0.202. The first kappa shape index (κ1) is 19.7. The minimum atomic E-state index is -0.239. The topological polar surface area (TPSA) is 71.0 Å². The number of rotatable bonds is 3. The van der Waals surface area contributed by atoms with E-state index in [0.29, 0.717) is 26.3 Å². The molecule has 2 aliphatic rings.